The molecule has 0 aliphatic carbocycles. The van der Waals surface area contributed by atoms with Crippen LogP contribution in [0.15, 0.2) is 24.3 Å². The Morgan fingerprint density at radius 2 is 2.00 bits per heavy atom. The van der Waals surface area contributed by atoms with E-state index in [0.717, 1.165) is 11.4 Å². The van der Waals surface area contributed by atoms with Gasteiger partial charge in [-0.1, -0.05) is 26.0 Å². The summed E-state index contributed by atoms with van der Waals surface area (Å²) >= 11 is 1.83. The first-order valence-electron chi connectivity index (χ1n) is 8.45. The van der Waals surface area contributed by atoms with Gasteiger partial charge in [0.1, 0.15) is 0 Å². The topological polar surface area (TPSA) is 42.1 Å². The molecule has 1 aromatic carbocycles. The number of hydrogen-bond donors (Lipinski definition) is 1. The van der Waals surface area contributed by atoms with Crippen molar-refractivity contribution in [2.45, 2.75) is 32.6 Å². The molecule has 0 radical (unpaired) electrons. The molecule has 1 fully saturated rings. The fourth-order valence-corrected chi connectivity index (χ4v) is 4.77. The average Bonchev–Trinajstić information content (AvgIpc) is 2.92. The quantitative estimate of drug-likeness (QED) is 0.914. The molecule has 120 valence electrons. The maximum absolute atomic E-state index is 6.13. The molecule has 0 saturated carbocycles. The van der Waals surface area contributed by atoms with E-state index >= 15 is 0 Å². The van der Waals surface area contributed by atoms with Crippen LogP contribution in [0.2, 0.25) is 0 Å². The van der Waals surface area contributed by atoms with E-state index in [1.165, 1.54) is 42.2 Å². The fraction of sp³-hybridized carbons (Fsp3) is 0.611. The molecule has 1 atom stereocenters. The second-order valence-corrected chi connectivity index (χ2v) is 7.96. The predicted octanol–water partition coefficient (Wildman–Crippen LogP) is 3.71. The largest absolute Gasteiger partial charge is 0.330 e. The Hall–Kier alpha value is -0.970. The molecule has 2 aromatic rings. The van der Waals surface area contributed by atoms with E-state index in [4.69, 9.17) is 10.7 Å². The second kappa shape index (κ2) is 7.07. The van der Waals surface area contributed by atoms with Gasteiger partial charge in [0.05, 0.1) is 15.2 Å². The fourth-order valence-electron chi connectivity index (χ4n) is 3.60. The van der Waals surface area contributed by atoms with Crippen molar-refractivity contribution in [2.75, 3.05) is 26.2 Å². The zero-order chi connectivity index (χ0) is 15.5. The van der Waals surface area contributed by atoms with Gasteiger partial charge in [-0.15, -0.1) is 11.3 Å². The van der Waals surface area contributed by atoms with E-state index in [1.807, 2.05) is 11.3 Å². The number of rotatable bonds is 5. The number of aromatic nitrogens is 1. The minimum absolute atomic E-state index is 0.429. The summed E-state index contributed by atoms with van der Waals surface area (Å²) in [7, 11) is 0. The third-order valence-electron chi connectivity index (χ3n) is 4.71. The summed E-state index contributed by atoms with van der Waals surface area (Å²) in [6.45, 7) is 8.97. The highest BCUT2D eigenvalue weighted by atomic mass is 32.1. The molecule has 0 spiro atoms. The molecule has 1 saturated heterocycles. The zero-order valence-electron chi connectivity index (χ0n) is 13.7. The third-order valence-corrected chi connectivity index (χ3v) is 5.87. The molecule has 0 bridgehead atoms. The molecule has 3 nitrogen and oxygen atoms in total. The Morgan fingerprint density at radius 1 is 1.27 bits per heavy atom. The summed E-state index contributed by atoms with van der Waals surface area (Å²) < 4.78 is 1.29. The van der Waals surface area contributed by atoms with Crippen molar-refractivity contribution in [1.82, 2.24) is 9.88 Å². The van der Waals surface area contributed by atoms with Crippen LogP contribution in [0.25, 0.3) is 10.2 Å². The normalized spacial score (nSPS) is 19.1. The number of nitrogens with zero attached hydrogens (tertiary/aromatic N) is 2. The lowest BCUT2D eigenvalue weighted by molar-refractivity contribution is 0.155. The van der Waals surface area contributed by atoms with Crippen LogP contribution in [-0.4, -0.2) is 36.1 Å². The number of para-hydroxylation sites is 1. The molecule has 1 aliphatic rings. The molecule has 2 heterocycles. The lowest BCUT2D eigenvalue weighted by Crippen LogP contribution is -2.38. The third kappa shape index (κ3) is 3.50. The van der Waals surface area contributed by atoms with E-state index in [2.05, 4.69) is 43.0 Å². The van der Waals surface area contributed by atoms with Gasteiger partial charge >= 0.3 is 0 Å². The number of likely N-dealkylation sites (tertiary alicyclic amines) is 1. The van der Waals surface area contributed by atoms with Crippen LogP contribution in [0.4, 0.5) is 0 Å². The number of piperidine rings is 1. The van der Waals surface area contributed by atoms with E-state index in [9.17, 15) is 0 Å². The first kappa shape index (κ1) is 15.9. The average molecular weight is 318 g/mol. The highest BCUT2D eigenvalue weighted by Crippen LogP contribution is 2.36. The van der Waals surface area contributed by atoms with Gasteiger partial charge in [-0.05, 0) is 49.9 Å². The van der Waals surface area contributed by atoms with Gasteiger partial charge in [-0.25, -0.2) is 4.98 Å². The Balaban J connectivity index is 1.69. The molecular formula is C18H27N3S. The molecule has 1 aliphatic heterocycles. The van der Waals surface area contributed by atoms with Crippen LogP contribution in [0, 0.1) is 11.8 Å². The van der Waals surface area contributed by atoms with Gasteiger partial charge in [-0.3, -0.25) is 0 Å². The number of thiazole rings is 1. The van der Waals surface area contributed by atoms with Crippen LogP contribution < -0.4 is 5.73 Å². The first-order chi connectivity index (χ1) is 10.7. The highest BCUT2D eigenvalue weighted by Gasteiger charge is 2.29. The van der Waals surface area contributed by atoms with Crippen LogP contribution in [0.5, 0.6) is 0 Å². The van der Waals surface area contributed by atoms with Gasteiger partial charge in [0.15, 0.2) is 0 Å². The van der Waals surface area contributed by atoms with E-state index in [-0.39, 0.29) is 0 Å². The van der Waals surface area contributed by atoms with Crippen molar-refractivity contribution in [3.05, 3.63) is 29.3 Å². The first-order valence-corrected chi connectivity index (χ1v) is 9.27. The number of benzene rings is 1. The molecule has 1 unspecified atom stereocenters. The minimum Gasteiger partial charge on any atom is -0.330 e. The molecule has 0 amide bonds. The number of fused-ring (bicyclic) bond motifs is 1. The number of hydrogen-bond acceptors (Lipinski definition) is 4. The molecular weight excluding hydrogens is 290 g/mol. The van der Waals surface area contributed by atoms with Crippen molar-refractivity contribution in [2.24, 2.45) is 17.6 Å². The summed E-state index contributed by atoms with van der Waals surface area (Å²) in [5.74, 6) is 1.87. The maximum Gasteiger partial charge on any atom is 0.0984 e. The van der Waals surface area contributed by atoms with E-state index < -0.39 is 0 Å². The van der Waals surface area contributed by atoms with E-state index in [0.29, 0.717) is 18.4 Å². The molecule has 1 aromatic heterocycles. The summed E-state index contributed by atoms with van der Waals surface area (Å²) in [4.78, 5) is 7.46. The zero-order valence-corrected chi connectivity index (χ0v) is 14.5. The van der Waals surface area contributed by atoms with Crippen LogP contribution >= 0.6 is 11.3 Å². The minimum atomic E-state index is 0.429. The SMILES string of the molecule is CC(C)CN1CCC(C(CN)c2nc3ccccc3s2)CC1. The lowest BCUT2D eigenvalue weighted by Gasteiger charge is -2.35. The van der Waals surface area contributed by atoms with E-state index in [1.54, 1.807) is 0 Å². The van der Waals surface area contributed by atoms with Crippen molar-refractivity contribution >= 4 is 21.6 Å². The Morgan fingerprint density at radius 3 is 2.64 bits per heavy atom. The van der Waals surface area contributed by atoms with Crippen LogP contribution in [-0.2, 0) is 0 Å². The molecule has 3 rings (SSSR count). The Kier molecular flexibility index (Phi) is 5.11. The predicted molar refractivity (Wildman–Crippen MR) is 95.4 cm³/mol. The van der Waals surface area contributed by atoms with Gasteiger partial charge in [0.2, 0.25) is 0 Å². The van der Waals surface area contributed by atoms with Gasteiger partial charge in [0.25, 0.3) is 0 Å². The highest BCUT2D eigenvalue weighted by molar-refractivity contribution is 7.18. The lowest BCUT2D eigenvalue weighted by atomic mass is 9.84. The summed E-state index contributed by atoms with van der Waals surface area (Å²) in [5, 5.41) is 1.24. The Bertz CT molecular complexity index is 566. The van der Waals surface area contributed by atoms with Crippen LogP contribution in [0.1, 0.15) is 37.6 Å². The number of nitrogens with two attached hydrogens (primary N) is 1. The second-order valence-electron chi connectivity index (χ2n) is 6.89. The van der Waals surface area contributed by atoms with Gasteiger partial charge < -0.3 is 10.6 Å². The summed E-state index contributed by atoms with van der Waals surface area (Å²) in [6, 6.07) is 8.42. The Labute approximate surface area is 137 Å². The van der Waals surface area contributed by atoms with Crippen molar-refractivity contribution < 1.29 is 0 Å². The summed E-state index contributed by atoms with van der Waals surface area (Å²) in [6.07, 6.45) is 2.51. The molecule has 2 N–H and O–H groups in total. The monoisotopic (exact) mass is 317 g/mol. The van der Waals surface area contributed by atoms with Crippen LogP contribution in [0.3, 0.4) is 0 Å². The molecule has 22 heavy (non-hydrogen) atoms. The van der Waals surface area contributed by atoms with Gasteiger partial charge in [0, 0.05) is 19.0 Å². The smallest absolute Gasteiger partial charge is 0.0984 e. The van der Waals surface area contributed by atoms with Gasteiger partial charge in [-0.2, -0.15) is 0 Å². The van der Waals surface area contributed by atoms with Crippen molar-refractivity contribution in [3.63, 3.8) is 0 Å². The summed E-state index contributed by atoms with van der Waals surface area (Å²) in [5.41, 5.74) is 7.25. The van der Waals surface area contributed by atoms with Crippen molar-refractivity contribution in [3.8, 4) is 0 Å². The van der Waals surface area contributed by atoms with Crippen molar-refractivity contribution in [1.29, 1.82) is 0 Å². The maximum atomic E-state index is 6.13. The standard InChI is InChI=1S/C18H27N3S/c1-13(2)12-21-9-7-14(8-10-21)15(11-19)18-20-16-5-3-4-6-17(16)22-18/h3-6,13-15H,7-12,19H2,1-2H3. The molecule has 4 heteroatoms.